The second-order valence-electron chi connectivity index (χ2n) is 4.60. The summed E-state index contributed by atoms with van der Waals surface area (Å²) in [5.74, 6) is 1.35. The number of likely N-dealkylation sites (N-methyl/N-ethyl adjacent to an activating group) is 1. The predicted molar refractivity (Wildman–Crippen MR) is 75.3 cm³/mol. The molecule has 1 aromatic heterocycles. The summed E-state index contributed by atoms with van der Waals surface area (Å²) < 4.78 is 0. The molecule has 1 fully saturated rings. The van der Waals surface area contributed by atoms with Crippen molar-refractivity contribution in [2.24, 2.45) is 0 Å². The Kier molecular flexibility index (Phi) is 4.68. The standard InChI is InChI=1S/C13H21N5O/c1-3-13(19)14-11-5-6-12(16-15-11)18-9-7-17(4-2)8-10-18/h5-6H,3-4,7-10H2,1-2H3,(H,14,15,19). The molecule has 0 aromatic carbocycles. The monoisotopic (exact) mass is 263 g/mol. The summed E-state index contributed by atoms with van der Waals surface area (Å²) in [4.78, 5) is 15.9. The van der Waals surface area contributed by atoms with E-state index in [9.17, 15) is 4.79 Å². The first-order valence-electron chi connectivity index (χ1n) is 6.83. The minimum atomic E-state index is -0.0430. The second-order valence-corrected chi connectivity index (χ2v) is 4.60. The number of aromatic nitrogens is 2. The molecule has 0 radical (unpaired) electrons. The summed E-state index contributed by atoms with van der Waals surface area (Å²) in [7, 11) is 0. The normalized spacial score (nSPS) is 16.4. The number of hydrogen-bond acceptors (Lipinski definition) is 5. The number of nitrogens with zero attached hydrogens (tertiary/aromatic N) is 4. The summed E-state index contributed by atoms with van der Waals surface area (Å²) in [6, 6.07) is 3.72. The van der Waals surface area contributed by atoms with Crippen molar-refractivity contribution in [2.75, 3.05) is 42.9 Å². The van der Waals surface area contributed by atoms with Crippen LogP contribution in [0.2, 0.25) is 0 Å². The molecule has 1 aromatic rings. The van der Waals surface area contributed by atoms with E-state index < -0.39 is 0 Å². The SMILES string of the molecule is CCC(=O)Nc1ccc(N2CCN(CC)CC2)nn1. The first-order valence-corrected chi connectivity index (χ1v) is 6.83. The molecule has 0 bridgehead atoms. The lowest BCUT2D eigenvalue weighted by atomic mass is 10.3. The molecule has 0 atom stereocenters. The number of hydrogen-bond donors (Lipinski definition) is 1. The van der Waals surface area contributed by atoms with E-state index in [4.69, 9.17) is 0 Å². The molecule has 1 aliphatic rings. The highest BCUT2D eigenvalue weighted by Gasteiger charge is 2.16. The minimum Gasteiger partial charge on any atom is -0.353 e. The van der Waals surface area contributed by atoms with Crippen molar-refractivity contribution in [3.05, 3.63) is 12.1 Å². The predicted octanol–water partition coefficient (Wildman–Crippen LogP) is 0.967. The average Bonchev–Trinajstić information content (AvgIpc) is 2.48. The van der Waals surface area contributed by atoms with Gasteiger partial charge >= 0.3 is 0 Å². The quantitative estimate of drug-likeness (QED) is 0.877. The first kappa shape index (κ1) is 13.7. The number of anilines is 2. The number of carbonyl (C=O) groups is 1. The second kappa shape index (κ2) is 6.47. The van der Waals surface area contributed by atoms with Crippen LogP contribution in [0.5, 0.6) is 0 Å². The maximum Gasteiger partial charge on any atom is 0.225 e. The third kappa shape index (κ3) is 3.64. The zero-order chi connectivity index (χ0) is 13.7. The van der Waals surface area contributed by atoms with Crippen molar-refractivity contribution in [3.63, 3.8) is 0 Å². The zero-order valence-electron chi connectivity index (χ0n) is 11.6. The lowest BCUT2D eigenvalue weighted by Gasteiger charge is -2.34. The molecular formula is C13H21N5O. The van der Waals surface area contributed by atoms with Gasteiger partial charge in [0.05, 0.1) is 0 Å². The van der Waals surface area contributed by atoms with Gasteiger partial charge in [-0.2, -0.15) is 0 Å². The van der Waals surface area contributed by atoms with Crippen molar-refractivity contribution in [2.45, 2.75) is 20.3 Å². The molecule has 0 aliphatic carbocycles. The van der Waals surface area contributed by atoms with Gasteiger partial charge in [-0.15, -0.1) is 10.2 Å². The topological polar surface area (TPSA) is 61.4 Å². The van der Waals surface area contributed by atoms with Crippen LogP contribution in [0.3, 0.4) is 0 Å². The molecule has 0 saturated carbocycles. The van der Waals surface area contributed by atoms with E-state index in [0.29, 0.717) is 12.2 Å². The molecule has 0 spiro atoms. The molecular weight excluding hydrogens is 242 g/mol. The fraction of sp³-hybridized carbons (Fsp3) is 0.615. The molecule has 2 rings (SSSR count). The maximum absolute atomic E-state index is 11.2. The molecule has 1 aliphatic heterocycles. The van der Waals surface area contributed by atoms with Crippen LogP contribution in [0, 0.1) is 0 Å². The van der Waals surface area contributed by atoms with E-state index in [-0.39, 0.29) is 5.91 Å². The Labute approximate surface area is 113 Å². The molecule has 1 saturated heterocycles. The average molecular weight is 263 g/mol. The zero-order valence-corrected chi connectivity index (χ0v) is 11.6. The van der Waals surface area contributed by atoms with Gasteiger partial charge in [-0.05, 0) is 18.7 Å². The van der Waals surface area contributed by atoms with Crippen molar-refractivity contribution in [1.82, 2.24) is 15.1 Å². The number of piperazine rings is 1. The lowest BCUT2D eigenvalue weighted by Crippen LogP contribution is -2.46. The fourth-order valence-electron chi connectivity index (χ4n) is 2.08. The van der Waals surface area contributed by atoms with E-state index in [0.717, 1.165) is 38.5 Å². The van der Waals surface area contributed by atoms with Gasteiger partial charge in [0.25, 0.3) is 0 Å². The Morgan fingerprint density at radius 2 is 1.95 bits per heavy atom. The first-order chi connectivity index (χ1) is 9.22. The largest absolute Gasteiger partial charge is 0.353 e. The summed E-state index contributed by atoms with van der Waals surface area (Å²) in [6.07, 6.45) is 0.447. The maximum atomic E-state index is 11.2. The molecule has 1 N–H and O–H groups in total. The van der Waals surface area contributed by atoms with Crippen LogP contribution in [0.25, 0.3) is 0 Å². The third-order valence-corrected chi connectivity index (χ3v) is 3.38. The third-order valence-electron chi connectivity index (χ3n) is 3.38. The molecule has 1 amide bonds. The highest BCUT2D eigenvalue weighted by Crippen LogP contribution is 2.14. The van der Waals surface area contributed by atoms with Crippen LogP contribution >= 0.6 is 0 Å². The Morgan fingerprint density at radius 3 is 2.47 bits per heavy atom. The molecule has 0 unspecified atom stereocenters. The summed E-state index contributed by atoms with van der Waals surface area (Å²) in [5, 5.41) is 10.9. The van der Waals surface area contributed by atoms with Gasteiger partial charge in [-0.1, -0.05) is 13.8 Å². The van der Waals surface area contributed by atoms with E-state index in [1.54, 1.807) is 0 Å². The number of amides is 1. The summed E-state index contributed by atoms with van der Waals surface area (Å²) in [5.41, 5.74) is 0. The van der Waals surface area contributed by atoms with Gasteiger partial charge < -0.3 is 15.1 Å². The van der Waals surface area contributed by atoms with E-state index in [1.165, 1.54) is 0 Å². The van der Waals surface area contributed by atoms with Crippen LogP contribution < -0.4 is 10.2 Å². The Bertz CT molecular complexity index is 412. The molecule has 6 heteroatoms. The van der Waals surface area contributed by atoms with Crippen LogP contribution in [-0.2, 0) is 4.79 Å². The number of nitrogens with one attached hydrogen (secondary N) is 1. The van der Waals surface area contributed by atoms with Crippen LogP contribution in [-0.4, -0.2) is 53.7 Å². The van der Waals surface area contributed by atoms with Crippen LogP contribution in [0.1, 0.15) is 20.3 Å². The fourth-order valence-corrected chi connectivity index (χ4v) is 2.08. The van der Waals surface area contributed by atoms with Crippen molar-refractivity contribution in [3.8, 4) is 0 Å². The van der Waals surface area contributed by atoms with Crippen molar-refractivity contribution in [1.29, 1.82) is 0 Å². The van der Waals surface area contributed by atoms with Crippen LogP contribution in [0.4, 0.5) is 11.6 Å². The Morgan fingerprint density at radius 1 is 1.21 bits per heavy atom. The van der Waals surface area contributed by atoms with E-state index in [1.807, 2.05) is 19.1 Å². The molecule has 6 nitrogen and oxygen atoms in total. The molecule has 2 heterocycles. The highest BCUT2D eigenvalue weighted by atomic mass is 16.1. The van der Waals surface area contributed by atoms with Crippen molar-refractivity contribution >= 4 is 17.5 Å². The molecule has 19 heavy (non-hydrogen) atoms. The van der Waals surface area contributed by atoms with Gasteiger partial charge in [0.1, 0.15) is 0 Å². The van der Waals surface area contributed by atoms with Gasteiger partial charge in [0.15, 0.2) is 11.6 Å². The molecule has 104 valence electrons. The summed E-state index contributed by atoms with van der Waals surface area (Å²) >= 11 is 0. The van der Waals surface area contributed by atoms with Gasteiger partial charge in [-0.25, -0.2) is 0 Å². The minimum absolute atomic E-state index is 0.0430. The Hall–Kier alpha value is -1.69. The van der Waals surface area contributed by atoms with E-state index >= 15 is 0 Å². The van der Waals surface area contributed by atoms with Crippen molar-refractivity contribution < 1.29 is 4.79 Å². The number of carbonyl (C=O) groups excluding carboxylic acids is 1. The van der Waals surface area contributed by atoms with Crippen LogP contribution in [0.15, 0.2) is 12.1 Å². The Balaban J connectivity index is 1.93. The number of rotatable bonds is 4. The van der Waals surface area contributed by atoms with Gasteiger partial charge in [0.2, 0.25) is 5.91 Å². The van der Waals surface area contributed by atoms with Gasteiger partial charge in [0, 0.05) is 32.6 Å². The highest BCUT2D eigenvalue weighted by molar-refractivity contribution is 5.89. The lowest BCUT2D eigenvalue weighted by molar-refractivity contribution is -0.115. The van der Waals surface area contributed by atoms with Gasteiger partial charge in [-0.3, -0.25) is 4.79 Å². The smallest absolute Gasteiger partial charge is 0.225 e. The van der Waals surface area contributed by atoms with E-state index in [2.05, 4.69) is 32.2 Å². The summed E-state index contributed by atoms with van der Waals surface area (Å²) in [6.45, 7) is 9.16.